The van der Waals surface area contributed by atoms with E-state index in [0.717, 1.165) is 0 Å². The van der Waals surface area contributed by atoms with Crippen molar-refractivity contribution in [3.63, 3.8) is 0 Å². The number of nitrogens with one attached hydrogen (secondary N) is 1. The number of amides is 1. The first-order valence-corrected chi connectivity index (χ1v) is 7.86. The SMILES string of the molecule is CCc1noc(C)c1C(=O)O[C@@H](C)C(=O)Nc1ccc2c(c1)OCO2. The van der Waals surface area contributed by atoms with Crippen molar-refractivity contribution in [1.29, 1.82) is 0 Å². The lowest BCUT2D eigenvalue weighted by Crippen LogP contribution is -2.30. The fraction of sp³-hybridized carbons (Fsp3) is 0.353. The molecule has 8 heteroatoms. The molecule has 1 atom stereocenters. The topological polar surface area (TPSA) is 99.9 Å². The van der Waals surface area contributed by atoms with Crippen LogP contribution in [0.3, 0.4) is 0 Å². The van der Waals surface area contributed by atoms with Crippen LogP contribution in [0.5, 0.6) is 11.5 Å². The molecule has 1 aliphatic heterocycles. The molecule has 1 amide bonds. The first kappa shape index (κ1) is 16.8. The molecule has 1 aromatic carbocycles. The smallest absolute Gasteiger partial charge is 0.344 e. The van der Waals surface area contributed by atoms with Crippen LogP contribution in [0.4, 0.5) is 5.69 Å². The van der Waals surface area contributed by atoms with E-state index < -0.39 is 18.0 Å². The van der Waals surface area contributed by atoms with Crippen molar-refractivity contribution < 1.29 is 28.3 Å². The zero-order valence-corrected chi connectivity index (χ0v) is 14.1. The Morgan fingerprint density at radius 2 is 2.08 bits per heavy atom. The molecule has 1 aliphatic rings. The summed E-state index contributed by atoms with van der Waals surface area (Å²) in [5.74, 6) is 0.441. The quantitative estimate of drug-likeness (QED) is 0.830. The third-order valence-corrected chi connectivity index (χ3v) is 3.77. The van der Waals surface area contributed by atoms with Gasteiger partial charge in [0.15, 0.2) is 17.6 Å². The van der Waals surface area contributed by atoms with Gasteiger partial charge in [-0.3, -0.25) is 4.79 Å². The molecule has 132 valence electrons. The number of carbonyl (C=O) groups is 2. The van der Waals surface area contributed by atoms with Crippen molar-refractivity contribution in [1.82, 2.24) is 5.16 Å². The fourth-order valence-electron chi connectivity index (χ4n) is 2.41. The van der Waals surface area contributed by atoms with Gasteiger partial charge in [0.2, 0.25) is 6.79 Å². The van der Waals surface area contributed by atoms with Gasteiger partial charge in [0.25, 0.3) is 5.91 Å². The van der Waals surface area contributed by atoms with Crippen LogP contribution < -0.4 is 14.8 Å². The Bertz CT molecular complexity index is 813. The largest absolute Gasteiger partial charge is 0.454 e. The monoisotopic (exact) mass is 346 g/mol. The van der Waals surface area contributed by atoms with E-state index in [1.807, 2.05) is 6.92 Å². The minimum Gasteiger partial charge on any atom is -0.454 e. The number of aryl methyl sites for hydroxylation is 2. The molecule has 0 bridgehead atoms. The standard InChI is InChI=1S/C17H18N2O6/c1-4-12-15(9(2)25-19-12)17(21)24-10(3)16(20)18-11-5-6-13-14(7-11)23-8-22-13/h5-7,10H,4,8H2,1-3H3,(H,18,20)/t10-/m0/s1. The lowest BCUT2D eigenvalue weighted by molar-refractivity contribution is -0.123. The third kappa shape index (κ3) is 3.42. The Balaban J connectivity index is 1.64. The van der Waals surface area contributed by atoms with E-state index >= 15 is 0 Å². The summed E-state index contributed by atoms with van der Waals surface area (Å²) in [5, 5.41) is 6.48. The molecule has 0 radical (unpaired) electrons. The maximum absolute atomic E-state index is 12.3. The lowest BCUT2D eigenvalue weighted by Gasteiger charge is -2.13. The minimum atomic E-state index is -0.989. The zero-order chi connectivity index (χ0) is 18.0. The van der Waals surface area contributed by atoms with Crippen LogP contribution in [0.25, 0.3) is 0 Å². The summed E-state index contributed by atoms with van der Waals surface area (Å²) in [4.78, 5) is 24.5. The second kappa shape index (κ2) is 6.84. The molecule has 0 saturated carbocycles. The third-order valence-electron chi connectivity index (χ3n) is 3.77. The number of aromatic nitrogens is 1. The highest BCUT2D eigenvalue weighted by molar-refractivity contribution is 5.98. The van der Waals surface area contributed by atoms with E-state index in [1.165, 1.54) is 6.92 Å². The molecule has 2 heterocycles. The van der Waals surface area contributed by atoms with E-state index in [2.05, 4.69) is 10.5 Å². The van der Waals surface area contributed by atoms with Gasteiger partial charge in [-0.2, -0.15) is 0 Å². The predicted molar refractivity (Wildman–Crippen MR) is 86.7 cm³/mol. The molecule has 8 nitrogen and oxygen atoms in total. The van der Waals surface area contributed by atoms with E-state index in [4.69, 9.17) is 18.7 Å². The average Bonchev–Trinajstić information content (AvgIpc) is 3.20. The minimum absolute atomic E-state index is 0.151. The van der Waals surface area contributed by atoms with Crippen LogP contribution in [0.15, 0.2) is 22.7 Å². The van der Waals surface area contributed by atoms with Gasteiger partial charge in [0.1, 0.15) is 11.3 Å². The number of benzene rings is 1. The Kier molecular flexibility index (Phi) is 4.60. The molecule has 0 aliphatic carbocycles. The van der Waals surface area contributed by atoms with Crippen LogP contribution in [0.1, 0.15) is 35.7 Å². The summed E-state index contributed by atoms with van der Waals surface area (Å²) >= 11 is 0. The number of hydrogen-bond acceptors (Lipinski definition) is 7. The molecule has 3 rings (SSSR count). The highest BCUT2D eigenvalue weighted by Gasteiger charge is 2.25. The van der Waals surface area contributed by atoms with Gasteiger partial charge in [-0.15, -0.1) is 0 Å². The molecular formula is C17H18N2O6. The summed E-state index contributed by atoms with van der Waals surface area (Å²) in [7, 11) is 0. The number of ether oxygens (including phenoxy) is 3. The van der Waals surface area contributed by atoms with Gasteiger partial charge in [0.05, 0.1) is 5.69 Å². The predicted octanol–water partition coefficient (Wildman–Crippen LogP) is 2.46. The molecule has 0 unspecified atom stereocenters. The maximum atomic E-state index is 12.3. The van der Waals surface area contributed by atoms with Crippen LogP contribution >= 0.6 is 0 Å². The van der Waals surface area contributed by atoms with E-state index in [9.17, 15) is 9.59 Å². The first-order chi connectivity index (χ1) is 12.0. The summed E-state index contributed by atoms with van der Waals surface area (Å²) < 4.78 is 20.7. The van der Waals surface area contributed by atoms with Crippen LogP contribution in [-0.2, 0) is 16.0 Å². The number of fused-ring (bicyclic) bond motifs is 1. The molecule has 2 aromatic rings. The number of hydrogen-bond donors (Lipinski definition) is 1. The van der Waals surface area contributed by atoms with Crippen LogP contribution in [-0.4, -0.2) is 29.9 Å². The highest BCUT2D eigenvalue weighted by Crippen LogP contribution is 2.34. The number of nitrogens with zero attached hydrogens (tertiary/aromatic N) is 1. The van der Waals surface area contributed by atoms with Crippen molar-refractivity contribution in [2.75, 3.05) is 12.1 Å². The number of anilines is 1. The number of rotatable bonds is 5. The number of esters is 1. The summed E-state index contributed by atoms with van der Waals surface area (Å²) in [6, 6.07) is 5.02. The van der Waals surface area contributed by atoms with Crippen molar-refractivity contribution in [2.45, 2.75) is 33.3 Å². The van der Waals surface area contributed by atoms with Crippen LogP contribution in [0, 0.1) is 6.92 Å². The fourth-order valence-corrected chi connectivity index (χ4v) is 2.41. The van der Waals surface area contributed by atoms with Crippen molar-refractivity contribution in [3.8, 4) is 11.5 Å². The van der Waals surface area contributed by atoms with Gasteiger partial charge in [-0.05, 0) is 32.4 Å². The molecule has 25 heavy (non-hydrogen) atoms. The Labute approximate surface area is 144 Å². The molecule has 0 fully saturated rings. The van der Waals surface area contributed by atoms with E-state index in [-0.39, 0.29) is 12.4 Å². The second-order valence-corrected chi connectivity index (χ2v) is 5.52. The number of carbonyl (C=O) groups excluding carboxylic acids is 2. The molecule has 0 spiro atoms. The van der Waals surface area contributed by atoms with E-state index in [1.54, 1.807) is 25.1 Å². The average molecular weight is 346 g/mol. The normalized spacial score (nSPS) is 13.4. The van der Waals surface area contributed by atoms with Crippen LogP contribution in [0.2, 0.25) is 0 Å². The van der Waals surface area contributed by atoms with Gasteiger partial charge in [-0.1, -0.05) is 12.1 Å². The Hall–Kier alpha value is -3.03. The lowest BCUT2D eigenvalue weighted by atomic mass is 10.1. The van der Waals surface area contributed by atoms with Gasteiger partial charge in [-0.25, -0.2) is 4.79 Å². The van der Waals surface area contributed by atoms with Gasteiger partial charge >= 0.3 is 5.97 Å². The van der Waals surface area contributed by atoms with Crippen molar-refractivity contribution in [2.24, 2.45) is 0 Å². The molecular weight excluding hydrogens is 328 g/mol. The molecule has 1 N–H and O–H groups in total. The Morgan fingerprint density at radius 1 is 1.32 bits per heavy atom. The summed E-state index contributed by atoms with van der Waals surface area (Å²) in [6.07, 6.45) is -0.462. The van der Waals surface area contributed by atoms with E-state index in [0.29, 0.717) is 35.1 Å². The summed E-state index contributed by atoms with van der Waals surface area (Å²) in [6.45, 7) is 5.12. The highest BCUT2D eigenvalue weighted by atomic mass is 16.7. The van der Waals surface area contributed by atoms with Crippen molar-refractivity contribution >= 4 is 17.6 Å². The molecule has 0 saturated heterocycles. The molecule has 1 aromatic heterocycles. The zero-order valence-electron chi connectivity index (χ0n) is 14.1. The maximum Gasteiger partial charge on any atom is 0.344 e. The Morgan fingerprint density at radius 3 is 2.84 bits per heavy atom. The van der Waals surface area contributed by atoms with Gasteiger partial charge in [0, 0.05) is 11.8 Å². The summed E-state index contributed by atoms with van der Waals surface area (Å²) in [5.41, 5.74) is 1.30. The second-order valence-electron chi connectivity index (χ2n) is 5.52. The van der Waals surface area contributed by atoms with Gasteiger partial charge < -0.3 is 24.1 Å². The van der Waals surface area contributed by atoms with Crippen molar-refractivity contribution in [3.05, 3.63) is 35.2 Å². The first-order valence-electron chi connectivity index (χ1n) is 7.86.